The Kier molecular flexibility index (Phi) is 6.41. The van der Waals surface area contributed by atoms with Crippen LogP contribution in [0.25, 0.3) is 0 Å². The molecule has 0 unspecified atom stereocenters. The van der Waals surface area contributed by atoms with Crippen LogP contribution in [0.4, 0.5) is 0 Å². The van der Waals surface area contributed by atoms with Crippen LogP contribution in [0.5, 0.6) is 0 Å². The van der Waals surface area contributed by atoms with Gasteiger partial charge >= 0.3 is 0 Å². The average Bonchev–Trinajstić information content (AvgIpc) is 2.03. The van der Waals surface area contributed by atoms with E-state index in [1.165, 1.54) is 0 Å². The van der Waals surface area contributed by atoms with Gasteiger partial charge in [0, 0.05) is 5.56 Å². The third-order valence-electron chi connectivity index (χ3n) is 1.28. The fraction of sp³-hybridized carbons (Fsp3) is 0.364. The van der Waals surface area contributed by atoms with Crippen molar-refractivity contribution in [3.63, 3.8) is 0 Å². The second-order valence-corrected chi connectivity index (χ2v) is 4.20. The van der Waals surface area contributed by atoms with Gasteiger partial charge in [0.25, 0.3) is 0 Å². The largest absolute Gasteiger partial charge is 0.312 e. The van der Waals surface area contributed by atoms with Crippen LogP contribution >= 0.6 is 15.9 Å². The van der Waals surface area contributed by atoms with Crippen LogP contribution in [-0.2, 0) is 0 Å². The summed E-state index contributed by atoms with van der Waals surface area (Å²) >= 11 is 2.87. The minimum atomic E-state index is -0.0625. The van der Waals surface area contributed by atoms with Gasteiger partial charge in [-0.3, -0.25) is 4.79 Å². The molecule has 0 atom stereocenters. The molecule has 0 aliphatic carbocycles. The Morgan fingerprint density at radius 1 is 1.14 bits per heavy atom. The van der Waals surface area contributed by atoms with Crippen LogP contribution in [-0.4, -0.2) is 30.7 Å². The highest BCUT2D eigenvalue weighted by atomic mass is 79.9. The number of hydrogen-bond acceptors (Lipinski definition) is 2. The van der Waals surface area contributed by atoms with Gasteiger partial charge in [-0.1, -0.05) is 29.8 Å². The molecule has 0 bridgehead atoms. The number of aryl methyl sites for hydroxylation is 1. The quantitative estimate of drug-likeness (QED) is 0.722. The second kappa shape index (κ2) is 6.74. The number of nitrogens with zero attached hydrogens (tertiary/aromatic N) is 1. The lowest BCUT2D eigenvalue weighted by Gasteiger charge is -1.92. The molecule has 1 aromatic carbocycles. The van der Waals surface area contributed by atoms with Crippen molar-refractivity contribution in [3.8, 4) is 0 Å². The molecule has 1 rings (SSSR count). The normalized spacial score (nSPS) is 9.29. The first kappa shape index (κ1) is 13.3. The third-order valence-corrected chi connectivity index (χ3v) is 1.74. The van der Waals surface area contributed by atoms with Gasteiger partial charge in [-0.15, -0.1) is 0 Å². The number of halogens is 1. The maximum absolute atomic E-state index is 10.7. The zero-order chi connectivity index (χ0) is 11.1. The summed E-state index contributed by atoms with van der Waals surface area (Å²) in [4.78, 5) is 12.7. The van der Waals surface area contributed by atoms with Crippen LogP contribution in [0, 0.1) is 6.92 Å². The van der Waals surface area contributed by atoms with Crippen LogP contribution in [0.3, 0.4) is 0 Å². The van der Waals surface area contributed by atoms with Gasteiger partial charge in [0.1, 0.15) is 0 Å². The third kappa shape index (κ3) is 6.80. The monoisotopic (exact) mass is 257 g/mol. The lowest BCUT2D eigenvalue weighted by Crippen LogP contribution is -1.99. The van der Waals surface area contributed by atoms with E-state index in [4.69, 9.17) is 0 Å². The molecule has 0 radical (unpaired) electrons. The van der Waals surface area contributed by atoms with E-state index in [2.05, 4.69) is 15.9 Å². The van der Waals surface area contributed by atoms with Crippen molar-refractivity contribution in [2.45, 2.75) is 6.92 Å². The van der Waals surface area contributed by atoms with E-state index < -0.39 is 0 Å². The van der Waals surface area contributed by atoms with Crippen molar-refractivity contribution in [2.24, 2.45) is 0 Å². The standard InChI is InChI=1S/C8H7BrO.C3H9N/c1-6-2-4-7(5-3-6)8(9)10;1-4(2)3/h2-5H,1H3;1-3H3. The maximum Gasteiger partial charge on any atom is 0.228 e. The Balaban J connectivity index is 0.000000364. The molecule has 1 aromatic rings. The van der Waals surface area contributed by atoms with Gasteiger partial charge in [0.2, 0.25) is 4.69 Å². The molecule has 78 valence electrons. The summed E-state index contributed by atoms with van der Waals surface area (Å²) < 4.78 is -0.0625. The Bertz CT molecular complexity index is 277. The topological polar surface area (TPSA) is 20.3 Å². The molecule has 0 heterocycles. The lowest BCUT2D eigenvalue weighted by atomic mass is 10.2. The number of carbonyl (C=O) groups is 1. The first-order chi connectivity index (χ1) is 6.43. The Labute approximate surface area is 94.1 Å². The van der Waals surface area contributed by atoms with Crippen LogP contribution in [0.2, 0.25) is 0 Å². The Morgan fingerprint density at radius 2 is 1.50 bits per heavy atom. The molecule has 0 fully saturated rings. The van der Waals surface area contributed by atoms with Crippen molar-refractivity contribution in [1.82, 2.24) is 4.90 Å². The molecule has 0 aliphatic heterocycles. The highest BCUT2D eigenvalue weighted by molar-refractivity contribution is 9.18. The van der Waals surface area contributed by atoms with Crippen molar-refractivity contribution in [1.29, 1.82) is 0 Å². The first-order valence-electron chi connectivity index (χ1n) is 4.31. The van der Waals surface area contributed by atoms with E-state index in [0.717, 1.165) is 5.56 Å². The summed E-state index contributed by atoms with van der Waals surface area (Å²) in [6.45, 7) is 1.99. The fourth-order valence-electron chi connectivity index (χ4n) is 0.685. The second-order valence-electron chi connectivity index (χ2n) is 3.48. The summed E-state index contributed by atoms with van der Waals surface area (Å²) in [6.07, 6.45) is 0. The summed E-state index contributed by atoms with van der Waals surface area (Å²) in [5, 5.41) is 0. The SMILES string of the molecule is CN(C)C.Cc1ccc(C(=O)Br)cc1. The van der Waals surface area contributed by atoms with E-state index in [-0.39, 0.29) is 4.69 Å². The number of benzene rings is 1. The highest BCUT2D eigenvalue weighted by Gasteiger charge is 1.97. The molecule has 0 amide bonds. The molecule has 0 aliphatic rings. The average molecular weight is 258 g/mol. The predicted octanol–water partition coefficient (Wildman–Crippen LogP) is 2.71. The smallest absolute Gasteiger partial charge is 0.228 e. The highest BCUT2D eigenvalue weighted by Crippen LogP contribution is 2.06. The van der Waals surface area contributed by atoms with Gasteiger partial charge in [-0.05, 0) is 44.0 Å². The van der Waals surface area contributed by atoms with Crippen molar-refractivity contribution in [3.05, 3.63) is 35.4 Å². The van der Waals surface area contributed by atoms with Gasteiger partial charge in [0.05, 0.1) is 0 Å². The molecule has 3 heteroatoms. The Morgan fingerprint density at radius 3 is 1.79 bits per heavy atom. The van der Waals surface area contributed by atoms with E-state index in [0.29, 0.717) is 5.56 Å². The first-order valence-corrected chi connectivity index (χ1v) is 5.10. The Hall–Kier alpha value is -0.670. The predicted molar refractivity (Wildman–Crippen MR) is 64.0 cm³/mol. The van der Waals surface area contributed by atoms with Gasteiger partial charge in [0.15, 0.2) is 0 Å². The van der Waals surface area contributed by atoms with Crippen molar-refractivity contribution >= 4 is 20.6 Å². The molecule has 0 saturated heterocycles. The van der Waals surface area contributed by atoms with Gasteiger partial charge in [-0.2, -0.15) is 0 Å². The number of carbonyl (C=O) groups excluding carboxylic acids is 1. The zero-order valence-corrected chi connectivity index (χ0v) is 10.6. The van der Waals surface area contributed by atoms with Gasteiger partial charge < -0.3 is 4.90 Å². The molecule has 2 nitrogen and oxygen atoms in total. The molecule has 0 spiro atoms. The van der Waals surface area contributed by atoms with E-state index in [1.807, 2.05) is 45.1 Å². The molecular weight excluding hydrogens is 242 g/mol. The van der Waals surface area contributed by atoms with Crippen LogP contribution < -0.4 is 0 Å². The maximum atomic E-state index is 10.7. The minimum absolute atomic E-state index is 0.0625. The van der Waals surface area contributed by atoms with E-state index in [1.54, 1.807) is 12.1 Å². The lowest BCUT2D eigenvalue weighted by molar-refractivity contribution is 0.109. The van der Waals surface area contributed by atoms with Gasteiger partial charge in [-0.25, -0.2) is 0 Å². The van der Waals surface area contributed by atoms with Crippen LogP contribution in [0.1, 0.15) is 15.9 Å². The summed E-state index contributed by atoms with van der Waals surface area (Å²) in [5.74, 6) is 0. The number of rotatable bonds is 1. The molecule has 0 N–H and O–H groups in total. The van der Waals surface area contributed by atoms with E-state index in [9.17, 15) is 4.79 Å². The molecule has 0 aromatic heterocycles. The van der Waals surface area contributed by atoms with E-state index >= 15 is 0 Å². The molecule has 14 heavy (non-hydrogen) atoms. The molecule has 0 saturated carbocycles. The van der Waals surface area contributed by atoms with Crippen molar-refractivity contribution in [2.75, 3.05) is 21.1 Å². The van der Waals surface area contributed by atoms with Crippen LogP contribution in [0.15, 0.2) is 24.3 Å². The molecular formula is C11H16BrNO. The zero-order valence-electron chi connectivity index (χ0n) is 9.04. The summed E-state index contributed by atoms with van der Waals surface area (Å²) in [5.41, 5.74) is 1.86. The van der Waals surface area contributed by atoms with Crippen molar-refractivity contribution < 1.29 is 4.79 Å². The fourth-order valence-corrected chi connectivity index (χ4v) is 0.949. The minimum Gasteiger partial charge on any atom is -0.312 e. The summed E-state index contributed by atoms with van der Waals surface area (Å²) in [7, 11) is 6.00. The summed E-state index contributed by atoms with van der Waals surface area (Å²) in [6, 6.07) is 7.42. The number of hydrogen-bond donors (Lipinski definition) is 0.